The number of imidazole rings is 1. The van der Waals surface area contributed by atoms with Gasteiger partial charge in [0.15, 0.2) is 11.5 Å². The molecule has 21 heavy (non-hydrogen) atoms. The van der Waals surface area contributed by atoms with Crippen molar-refractivity contribution in [2.75, 3.05) is 7.11 Å². The number of carboxylic acids is 1. The smallest absolute Gasteiger partial charge is 0.339 e. The fourth-order valence-corrected chi connectivity index (χ4v) is 2.05. The molecule has 6 nitrogen and oxygen atoms in total. The quantitative estimate of drug-likeness (QED) is 0.848. The average Bonchev–Trinajstić information content (AvgIpc) is 2.92. The Labute approximate surface area is 122 Å². The number of hydrogen-bond acceptors (Lipinski definition) is 4. The molecule has 0 saturated heterocycles. The maximum Gasteiger partial charge on any atom is 0.339 e. The lowest BCUT2D eigenvalue weighted by molar-refractivity contribution is 0.0690. The summed E-state index contributed by atoms with van der Waals surface area (Å²) < 4.78 is 12.8. The first-order valence-corrected chi connectivity index (χ1v) is 6.69. The Kier molecular flexibility index (Phi) is 4.81. The lowest BCUT2D eigenvalue weighted by Crippen LogP contribution is -2.08. The number of methoxy groups -OCH3 is 1. The van der Waals surface area contributed by atoms with Gasteiger partial charge in [0.2, 0.25) is 0 Å². The zero-order chi connectivity index (χ0) is 15.2. The van der Waals surface area contributed by atoms with Crippen molar-refractivity contribution >= 4 is 5.97 Å². The molecule has 0 aliphatic heterocycles. The molecule has 1 aromatic heterocycles. The summed E-state index contributed by atoms with van der Waals surface area (Å²) in [6.45, 7) is 3.16. The zero-order valence-electron chi connectivity index (χ0n) is 12.1. The standard InChI is InChI=1S/C15H18N2O4/c1-3-7-17-10-16-8-11(17)9-21-14-12(15(18)19)5-4-6-13(14)20-2/h4-6,8,10H,3,7,9H2,1-2H3,(H,18,19). The maximum atomic E-state index is 11.3. The highest BCUT2D eigenvalue weighted by Crippen LogP contribution is 2.31. The number of benzene rings is 1. The van der Waals surface area contributed by atoms with Crippen LogP contribution in [0.3, 0.4) is 0 Å². The van der Waals surface area contributed by atoms with Gasteiger partial charge in [0.05, 0.1) is 25.3 Å². The van der Waals surface area contributed by atoms with E-state index in [-0.39, 0.29) is 17.9 Å². The van der Waals surface area contributed by atoms with Gasteiger partial charge in [0.25, 0.3) is 0 Å². The van der Waals surface area contributed by atoms with Crippen molar-refractivity contribution in [2.45, 2.75) is 26.5 Å². The molecular formula is C15H18N2O4. The number of carboxylic acid groups (broad SMARTS) is 1. The topological polar surface area (TPSA) is 73.6 Å². The van der Waals surface area contributed by atoms with Crippen LogP contribution in [0.5, 0.6) is 11.5 Å². The molecule has 0 unspecified atom stereocenters. The third kappa shape index (κ3) is 3.34. The number of ether oxygens (including phenoxy) is 2. The molecule has 0 saturated carbocycles. The monoisotopic (exact) mass is 290 g/mol. The molecule has 2 aromatic rings. The van der Waals surface area contributed by atoms with Gasteiger partial charge in [-0.2, -0.15) is 0 Å². The number of para-hydroxylation sites is 1. The number of aryl methyl sites for hydroxylation is 1. The molecular weight excluding hydrogens is 272 g/mol. The van der Waals surface area contributed by atoms with E-state index >= 15 is 0 Å². The van der Waals surface area contributed by atoms with Crippen molar-refractivity contribution < 1.29 is 19.4 Å². The van der Waals surface area contributed by atoms with Gasteiger partial charge in [-0.25, -0.2) is 9.78 Å². The van der Waals surface area contributed by atoms with Crippen LogP contribution in [0.15, 0.2) is 30.7 Å². The predicted molar refractivity (Wildman–Crippen MR) is 76.8 cm³/mol. The van der Waals surface area contributed by atoms with Gasteiger partial charge in [-0.05, 0) is 18.6 Å². The Balaban J connectivity index is 2.22. The largest absolute Gasteiger partial charge is 0.493 e. The molecule has 1 heterocycles. The van der Waals surface area contributed by atoms with Crippen LogP contribution in [0.1, 0.15) is 29.4 Å². The van der Waals surface area contributed by atoms with E-state index in [2.05, 4.69) is 11.9 Å². The van der Waals surface area contributed by atoms with Crippen molar-refractivity contribution in [3.8, 4) is 11.5 Å². The van der Waals surface area contributed by atoms with Gasteiger partial charge < -0.3 is 19.1 Å². The zero-order valence-corrected chi connectivity index (χ0v) is 12.1. The summed E-state index contributed by atoms with van der Waals surface area (Å²) in [5, 5.41) is 9.23. The summed E-state index contributed by atoms with van der Waals surface area (Å²) in [6, 6.07) is 4.78. The van der Waals surface area contributed by atoms with Crippen molar-refractivity contribution in [2.24, 2.45) is 0 Å². The second-order valence-electron chi connectivity index (χ2n) is 4.51. The third-order valence-electron chi connectivity index (χ3n) is 3.06. The number of carbonyl (C=O) groups is 1. The van der Waals surface area contributed by atoms with Gasteiger partial charge in [-0.3, -0.25) is 0 Å². The summed E-state index contributed by atoms with van der Waals surface area (Å²) in [7, 11) is 1.48. The van der Waals surface area contributed by atoms with Gasteiger partial charge in [0.1, 0.15) is 12.2 Å². The number of hydrogen-bond donors (Lipinski definition) is 1. The minimum atomic E-state index is -1.05. The number of nitrogens with zero attached hydrogens (tertiary/aromatic N) is 2. The molecule has 1 aromatic carbocycles. The lowest BCUT2D eigenvalue weighted by Gasteiger charge is -2.13. The molecule has 0 aliphatic rings. The van der Waals surface area contributed by atoms with Crippen LogP contribution in [0.4, 0.5) is 0 Å². The van der Waals surface area contributed by atoms with Gasteiger partial charge >= 0.3 is 5.97 Å². The summed E-state index contributed by atoms with van der Waals surface area (Å²) in [6.07, 6.45) is 4.44. The molecule has 0 radical (unpaired) electrons. The maximum absolute atomic E-state index is 11.3. The van der Waals surface area contributed by atoms with E-state index in [1.54, 1.807) is 24.7 Å². The van der Waals surface area contributed by atoms with Crippen molar-refractivity contribution in [3.05, 3.63) is 42.0 Å². The van der Waals surface area contributed by atoms with Crippen LogP contribution in [0.2, 0.25) is 0 Å². The molecule has 1 N–H and O–H groups in total. The van der Waals surface area contributed by atoms with E-state index in [0.717, 1.165) is 18.7 Å². The molecule has 112 valence electrons. The number of aromatic carboxylic acids is 1. The van der Waals surface area contributed by atoms with E-state index in [9.17, 15) is 9.90 Å². The Hall–Kier alpha value is -2.50. The van der Waals surface area contributed by atoms with Crippen LogP contribution < -0.4 is 9.47 Å². The summed E-state index contributed by atoms with van der Waals surface area (Å²) in [4.78, 5) is 15.4. The van der Waals surface area contributed by atoms with Gasteiger partial charge in [-0.15, -0.1) is 0 Å². The van der Waals surface area contributed by atoms with E-state index < -0.39 is 5.97 Å². The molecule has 0 spiro atoms. The van der Waals surface area contributed by atoms with Crippen molar-refractivity contribution in [1.82, 2.24) is 9.55 Å². The van der Waals surface area contributed by atoms with Crippen LogP contribution >= 0.6 is 0 Å². The molecule has 6 heteroatoms. The second-order valence-corrected chi connectivity index (χ2v) is 4.51. The van der Waals surface area contributed by atoms with Gasteiger partial charge in [-0.1, -0.05) is 13.0 Å². The molecule has 0 fully saturated rings. The first-order chi connectivity index (χ1) is 10.2. The highest BCUT2D eigenvalue weighted by molar-refractivity contribution is 5.92. The first kappa shape index (κ1) is 14.9. The van der Waals surface area contributed by atoms with Crippen LogP contribution in [-0.2, 0) is 13.2 Å². The molecule has 2 rings (SSSR count). The summed E-state index contributed by atoms with van der Waals surface area (Å²) in [5.41, 5.74) is 0.968. The molecule has 0 bridgehead atoms. The van der Waals surface area contributed by atoms with Crippen molar-refractivity contribution in [3.63, 3.8) is 0 Å². The highest BCUT2D eigenvalue weighted by atomic mass is 16.5. The SMILES string of the molecule is CCCn1cncc1COc1c(OC)cccc1C(=O)O. The molecule has 0 atom stereocenters. The van der Waals surface area contributed by atoms with E-state index in [0.29, 0.717) is 5.75 Å². The first-order valence-electron chi connectivity index (χ1n) is 6.69. The minimum absolute atomic E-state index is 0.0795. The van der Waals surface area contributed by atoms with Crippen LogP contribution in [0, 0.1) is 0 Å². The third-order valence-corrected chi connectivity index (χ3v) is 3.06. The minimum Gasteiger partial charge on any atom is -0.493 e. The van der Waals surface area contributed by atoms with Crippen molar-refractivity contribution in [1.29, 1.82) is 0 Å². The molecule has 0 amide bonds. The Morgan fingerprint density at radius 3 is 2.90 bits per heavy atom. The fraction of sp³-hybridized carbons (Fsp3) is 0.333. The fourth-order valence-electron chi connectivity index (χ4n) is 2.05. The highest BCUT2D eigenvalue weighted by Gasteiger charge is 2.16. The lowest BCUT2D eigenvalue weighted by atomic mass is 10.2. The van der Waals surface area contributed by atoms with Gasteiger partial charge in [0, 0.05) is 6.54 Å². The normalized spacial score (nSPS) is 10.4. The summed E-state index contributed by atoms with van der Waals surface area (Å²) >= 11 is 0. The Morgan fingerprint density at radius 1 is 1.43 bits per heavy atom. The average molecular weight is 290 g/mol. The van der Waals surface area contributed by atoms with Crippen LogP contribution in [-0.4, -0.2) is 27.7 Å². The Morgan fingerprint density at radius 2 is 2.24 bits per heavy atom. The second kappa shape index (κ2) is 6.78. The van der Waals surface area contributed by atoms with E-state index in [1.807, 2.05) is 4.57 Å². The Bertz CT molecular complexity index is 622. The number of aromatic nitrogens is 2. The van der Waals surface area contributed by atoms with E-state index in [1.165, 1.54) is 13.2 Å². The predicted octanol–water partition coefficient (Wildman–Crippen LogP) is 2.58. The van der Waals surface area contributed by atoms with E-state index in [4.69, 9.17) is 9.47 Å². The number of rotatable bonds is 7. The molecule has 0 aliphatic carbocycles. The summed E-state index contributed by atoms with van der Waals surface area (Å²) in [5.74, 6) is -0.417. The van der Waals surface area contributed by atoms with Crippen LogP contribution in [0.25, 0.3) is 0 Å².